The fraction of sp³-hybridized carbons (Fsp3) is 0.438. The quantitative estimate of drug-likeness (QED) is 0.842. The molecule has 0 spiro atoms. The van der Waals surface area contributed by atoms with E-state index in [0.717, 1.165) is 28.8 Å². The average molecular weight is 270 g/mol. The molecule has 4 heteroatoms. The number of rotatable bonds is 3. The number of aromatic nitrogens is 1. The number of nitrogens with two attached hydrogens (primary N) is 1. The molecule has 0 saturated carbocycles. The third-order valence-electron chi connectivity index (χ3n) is 4.25. The van der Waals surface area contributed by atoms with Crippen LogP contribution in [0, 0.1) is 0 Å². The first-order valence-corrected chi connectivity index (χ1v) is 7.33. The van der Waals surface area contributed by atoms with E-state index in [9.17, 15) is 0 Å². The van der Waals surface area contributed by atoms with Crippen LogP contribution < -0.4 is 11.1 Å². The Morgan fingerprint density at radius 3 is 3.10 bits per heavy atom. The van der Waals surface area contributed by atoms with Crippen LogP contribution in [0.5, 0.6) is 0 Å². The normalized spacial score (nSPS) is 20.1. The van der Waals surface area contributed by atoms with Gasteiger partial charge in [0, 0.05) is 29.9 Å². The fourth-order valence-corrected chi connectivity index (χ4v) is 2.97. The second-order valence-electron chi connectivity index (χ2n) is 5.61. The van der Waals surface area contributed by atoms with Crippen LogP contribution in [-0.4, -0.2) is 36.1 Å². The number of benzene rings is 1. The highest BCUT2D eigenvalue weighted by Crippen LogP contribution is 2.26. The lowest BCUT2D eigenvalue weighted by molar-refractivity contribution is 0.195. The molecule has 1 atom stereocenters. The summed E-state index contributed by atoms with van der Waals surface area (Å²) >= 11 is 0. The molecular formula is C16H22N4. The van der Waals surface area contributed by atoms with E-state index in [-0.39, 0.29) is 0 Å². The second kappa shape index (κ2) is 5.67. The van der Waals surface area contributed by atoms with Crippen LogP contribution >= 0.6 is 0 Å². The van der Waals surface area contributed by atoms with Gasteiger partial charge in [-0.1, -0.05) is 6.42 Å². The number of hydrogen-bond donors (Lipinski definition) is 2. The van der Waals surface area contributed by atoms with Crippen molar-refractivity contribution in [2.24, 2.45) is 0 Å². The average Bonchev–Trinajstić information content (AvgIpc) is 2.48. The predicted octanol–water partition coefficient (Wildman–Crippen LogP) is 2.71. The van der Waals surface area contributed by atoms with Gasteiger partial charge in [-0.05, 0) is 50.7 Å². The van der Waals surface area contributed by atoms with Crippen molar-refractivity contribution in [3.63, 3.8) is 0 Å². The third kappa shape index (κ3) is 2.56. The minimum atomic E-state index is 0.611. The Morgan fingerprint density at radius 2 is 2.25 bits per heavy atom. The lowest BCUT2D eigenvalue weighted by atomic mass is 10.0. The lowest BCUT2D eigenvalue weighted by Crippen LogP contribution is -2.40. The van der Waals surface area contributed by atoms with Gasteiger partial charge in [-0.3, -0.25) is 4.98 Å². The van der Waals surface area contributed by atoms with Gasteiger partial charge >= 0.3 is 0 Å². The van der Waals surface area contributed by atoms with E-state index >= 15 is 0 Å². The number of nitrogens with one attached hydrogen (secondary N) is 1. The zero-order valence-corrected chi connectivity index (χ0v) is 12.0. The maximum absolute atomic E-state index is 6.01. The van der Waals surface area contributed by atoms with Crippen LogP contribution in [0.3, 0.4) is 0 Å². The Morgan fingerprint density at radius 1 is 1.35 bits per heavy atom. The zero-order chi connectivity index (χ0) is 13.9. The number of nitrogen functional groups attached to an aromatic ring is 1. The number of likely N-dealkylation sites (tertiary alicyclic amines) is 1. The van der Waals surface area contributed by atoms with E-state index in [2.05, 4.69) is 22.2 Å². The minimum Gasteiger partial charge on any atom is -0.398 e. The van der Waals surface area contributed by atoms with Gasteiger partial charge in [0.25, 0.3) is 0 Å². The summed E-state index contributed by atoms with van der Waals surface area (Å²) in [7, 11) is 2.21. The van der Waals surface area contributed by atoms with Crippen molar-refractivity contribution in [2.75, 3.05) is 31.2 Å². The number of hydrogen-bond acceptors (Lipinski definition) is 4. The number of likely N-dealkylation sites (N-methyl/N-ethyl adjacent to an activating group) is 1. The first kappa shape index (κ1) is 13.2. The second-order valence-corrected chi connectivity index (χ2v) is 5.61. The van der Waals surface area contributed by atoms with Crippen LogP contribution in [-0.2, 0) is 0 Å². The molecule has 2 aromatic rings. The highest BCUT2D eigenvalue weighted by Gasteiger charge is 2.18. The van der Waals surface area contributed by atoms with Crippen molar-refractivity contribution in [2.45, 2.75) is 25.3 Å². The molecule has 106 valence electrons. The molecule has 1 unspecified atom stereocenters. The highest BCUT2D eigenvalue weighted by molar-refractivity contribution is 5.98. The summed E-state index contributed by atoms with van der Waals surface area (Å²) in [6, 6.07) is 8.55. The summed E-state index contributed by atoms with van der Waals surface area (Å²) in [6.45, 7) is 2.17. The van der Waals surface area contributed by atoms with E-state index < -0.39 is 0 Å². The Balaban J connectivity index is 1.79. The summed E-state index contributed by atoms with van der Waals surface area (Å²) < 4.78 is 0. The van der Waals surface area contributed by atoms with E-state index in [1.165, 1.54) is 25.8 Å². The van der Waals surface area contributed by atoms with Gasteiger partial charge in [0.05, 0.1) is 11.2 Å². The SMILES string of the molecule is CN1CCCCC1CNc1ccc(N)c2cccnc12. The Hall–Kier alpha value is -1.81. The largest absolute Gasteiger partial charge is 0.398 e. The molecule has 1 aromatic carbocycles. The monoisotopic (exact) mass is 270 g/mol. The lowest BCUT2D eigenvalue weighted by Gasteiger charge is -2.32. The minimum absolute atomic E-state index is 0.611. The first-order valence-electron chi connectivity index (χ1n) is 7.33. The van der Waals surface area contributed by atoms with E-state index in [1.807, 2.05) is 30.5 Å². The molecule has 3 N–H and O–H groups in total. The van der Waals surface area contributed by atoms with Crippen LogP contribution in [0.2, 0.25) is 0 Å². The molecule has 1 aromatic heterocycles. The maximum Gasteiger partial charge on any atom is 0.0953 e. The molecule has 3 rings (SSSR count). The Kier molecular flexibility index (Phi) is 3.74. The number of anilines is 2. The van der Waals surface area contributed by atoms with Gasteiger partial charge in [-0.15, -0.1) is 0 Å². The summed E-state index contributed by atoms with van der Waals surface area (Å²) in [5, 5.41) is 4.58. The van der Waals surface area contributed by atoms with Gasteiger partial charge in [0.1, 0.15) is 0 Å². The summed E-state index contributed by atoms with van der Waals surface area (Å²) in [5.41, 5.74) is 8.84. The molecule has 1 saturated heterocycles. The number of pyridine rings is 1. The summed E-state index contributed by atoms with van der Waals surface area (Å²) in [6.07, 6.45) is 5.74. The Bertz CT molecular complexity index is 596. The fourth-order valence-electron chi connectivity index (χ4n) is 2.97. The van der Waals surface area contributed by atoms with Gasteiger partial charge in [-0.25, -0.2) is 0 Å². The van der Waals surface area contributed by atoms with Crippen LogP contribution in [0.25, 0.3) is 10.9 Å². The molecule has 0 amide bonds. The molecule has 0 aliphatic carbocycles. The molecule has 1 fully saturated rings. The standard InChI is InChI=1S/C16H22N4/c1-20-10-3-2-5-12(20)11-19-15-8-7-14(17)13-6-4-9-18-16(13)15/h4,6-9,12,19H,2-3,5,10-11,17H2,1H3. The van der Waals surface area contributed by atoms with Crippen LogP contribution in [0.1, 0.15) is 19.3 Å². The first-order chi connectivity index (χ1) is 9.75. The van der Waals surface area contributed by atoms with Gasteiger partial charge in [-0.2, -0.15) is 0 Å². The van der Waals surface area contributed by atoms with Gasteiger partial charge < -0.3 is 16.0 Å². The third-order valence-corrected chi connectivity index (χ3v) is 4.25. The summed E-state index contributed by atoms with van der Waals surface area (Å²) in [4.78, 5) is 6.92. The summed E-state index contributed by atoms with van der Waals surface area (Å²) in [5.74, 6) is 0. The van der Waals surface area contributed by atoms with Crippen LogP contribution in [0.4, 0.5) is 11.4 Å². The molecule has 1 aliphatic heterocycles. The maximum atomic E-state index is 6.01. The molecule has 4 nitrogen and oxygen atoms in total. The number of piperidine rings is 1. The molecule has 0 radical (unpaired) electrons. The van der Waals surface area contributed by atoms with Crippen molar-refractivity contribution in [3.05, 3.63) is 30.5 Å². The van der Waals surface area contributed by atoms with E-state index in [4.69, 9.17) is 5.73 Å². The molecule has 20 heavy (non-hydrogen) atoms. The van der Waals surface area contributed by atoms with Crippen molar-refractivity contribution < 1.29 is 0 Å². The topological polar surface area (TPSA) is 54.2 Å². The molecule has 0 bridgehead atoms. The van der Waals surface area contributed by atoms with Crippen LogP contribution in [0.15, 0.2) is 30.5 Å². The molecule has 2 heterocycles. The molecule has 1 aliphatic rings. The van der Waals surface area contributed by atoms with Crippen molar-refractivity contribution in [3.8, 4) is 0 Å². The Labute approximate surface area is 120 Å². The predicted molar refractivity (Wildman–Crippen MR) is 84.9 cm³/mol. The van der Waals surface area contributed by atoms with Gasteiger partial charge in [0.2, 0.25) is 0 Å². The van der Waals surface area contributed by atoms with Crippen molar-refractivity contribution in [1.82, 2.24) is 9.88 Å². The highest BCUT2D eigenvalue weighted by atomic mass is 15.2. The van der Waals surface area contributed by atoms with Crippen molar-refractivity contribution >= 4 is 22.3 Å². The zero-order valence-electron chi connectivity index (χ0n) is 12.0. The smallest absolute Gasteiger partial charge is 0.0953 e. The van der Waals surface area contributed by atoms with E-state index in [1.54, 1.807) is 0 Å². The number of nitrogens with zero attached hydrogens (tertiary/aromatic N) is 2. The van der Waals surface area contributed by atoms with Gasteiger partial charge in [0.15, 0.2) is 0 Å². The number of fused-ring (bicyclic) bond motifs is 1. The van der Waals surface area contributed by atoms with E-state index in [0.29, 0.717) is 6.04 Å². The van der Waals surface area contributed by atoms with Crippen molar-refractivity contribution in [1.29, 1.82) is 0 Å². The molecular weight excluding hydrogens is 248 g/mol.